The Morgan fingerprint density at radius 1 is 1.17 bits per heavy atom. The summed E-state index contributed by atoms with van der Waals surface area (Å²) in [7, 11) is 1.49. The van der Waals surface area contributed by atoms with E-state index < -0.39 is 0 Å². The second kappa shape index (κ2) is 8.34. The summed E-state index contributed by atoms with van der Waals surface area (Å²) in [6.07, 6.45) is 3.13. The maximum absolute atomic E-state index is 12.2. The number of carbonyl (C=O) groups excluding carboxylic acids is 2. The molecule has 0 bridgehead atoms. The number of nitrogens with zero attached hydrogens (tertiary/aromatic N) is 2. The largest absolute Gasteiger partial charge is 0.375 e. The Balaban J connectivity index is 1.91. The molecule has 0 atom stereocenters. The van der Waals surface area contributed by atoms with Gasteiger partial charge in [0.2, 0.25) is 11.8 Å². The Hall–Kier alpha value is -1.56. The molecule has 2 rings (SSSR count). The summed E-state index contributed by atoms with van der Waals surface area (Å²) in [5.74, 6) is -0.166. The quantitative estimate of drug-likeness (QED) is 0.778. The monoisotopic (exact) mass is 356 g/mol. The Morgan fingerprint density at radius 3 is 2.48 bits per heavy atom. The van der Waals surface area contributed by atoms with Crippen molar-refractivity contribution in [1.82, 2.24) is 9.80 Å². The SMILES string of the molecule is COCC(=O)N1CCN(C(=O)/C=C/c2cccc(Cl)c2Cl)CC1. The Kier molecular flexibility index (Phi) is 6.45. The first kappa shape index (κ1) is 17.8. The number of benzene rings is 1. The lowest BCUT2D eigenvalue weighted by atomic mass is 10.2. The molecule has 0 aromatic heterocycles. The van der Waals surface area contributed by atoms with Gasteiger partial charge in [0, 0.05) is 39.4 Å². The smallest absolute Gasteiger partial charge is 0.248 e. The summed E-state index contributed by atoms with van der Waals surface area (Å²) in [4.78, 5) is 27.3. The Bertz CT molecular complexity index is 611. The summed E-state index contributed by atoms with van der Waals surface area (Å²) >= 11 is 12.0. The van der Waals surface area contributed by atoms with Gasteiger partial charge in [0.1, 0.15) is 6.61 Å². The first-order valence-electron chi connectivity index (χ1n) is 7.20. The molecule has 1 aliphatic heterocycles. The molecule has 7 heteroatoms. The van der Waals surface area contributed by atoms with Crippen LogP contribution in [0.3, 0.4) is 0 Å². The van der Waals surface area contributed by atoms with E-state index in [-0.39, 0.29) is 18.4 Å². The average molecular weight is 357 g/mol. The predicted octanol–water partition coefficient (Wildman–Crippen LogP) is 2.32. The maximum atomic E-state index is 12.2. The van der Waals surface area contributed by atoms with E-state index >= 15 is 0 Å². The van der Waals surface area contributed by atoms with Crippen LogP contribution < -0.4 is 0 Å². The Morgan fingerprint density at radius 2 is 1.83 bits per heavy atom. The summed E-state index contributed by atoms with van der Waals surface area (Å²) in [5, 5.41) is 0.875. The molecule has 0 N–H and O–H groups in total. The highest BCUT2D eigenvalue weighted by atomic mass is 35.5. The number of amides is 2. The van der Waals surface area contributed by atoms with Crippen molar-refractivity contribution in [3.05, 3.63) is 39.9 Å². The zero-order valence-corrected chi connectivity index (χ0v) is 14.3. The van der Waals surface area contributed by atoms with E-state index in [1.807, 2.05) is 0 Å². The minimum Gasteiger partial charge on any atom is -0.375 e. The lowest BCUT2D eigenvalue weighted by Crippen LogP contribution is -2.51. The lowest BCUT2D eigenvalue weighted by Gasteiger charge is -2.34. The van der Waals surface area contributed by atoms with Gasteiger partial charge in [0.15, 0.2) is 0 Å². The highest BCUT2D eigenvalue weighted by molar-refractivity contribution is 6.42. The molecule has 2 amide bonds. The van der Waals surface area contributed by atoms with Crippen LogP contribution in [0.5, 0.6) is 0 Å². The summed E-state index contributed by atoms with van der Waals surface area (Å²) < 4.78 is 4.83. The number of hydrogen-bond acceptors (Lipinski definition) is 3. The zero-order valence-electron chi connectivity index (χ0n) is 12.8. The number of hydrogen-bond donors (Lipinski definition) is 0. The van der Waals surface area contributed by atoms with E-state index in [0.717, 1.165) is 0 Å². The van der Waals surface area contributed by atoms with E-state index in [0.29, 0.717) is 41.8 Å². The van der Waals surface area contributed by atoms with Crippen LogP contribution in [0.1, 0.15) is 5.56 Å². The van der Waals surface area contributed by atoms with Crippen LogP contribution in [0, 0.1) is 0 Å². The number of carbonyl (C=O) groups is 2. The normalized spacial score (nSPS) is 15.3. The molecule has 1 fully saturated rings. The second-order valence-electron chi connectivity index (χ2n) is 5.12. The van der Waals surface area contributed by atoms with Crippen LogP contribution in [0.15, 0.2) is 24.3 Å². The average Bonchev–Trinajstić information content (AvgIpc) is 2.56. The summed E-state index contributed by atoms with van der Waals surface area (Å²) in [6.45, 7) is 2.10. The number of piperazine rings is 1. The highest BCUT2D eigenvalue weighted by Crippen LogP contribution is 2.26. The molecule has 1 aliphatic rings. The van der Waals surface area contributed by atoms with E-state index in [2.05, 4.69) is 0 Å². The first-order valence-corrected chi connectivity index (χ1v) is 7.96. The van der Waals surface area contributed by atoms with Crippen LogP contribution in [0.4, 0.5) is 0 Å². The van der Waals surface area contributed by atoms with E-state index in [9.17, 15) is 9.59 Å². The van der Waals surface area contributed by atoms with Crippen LogP contribution in [-0.2, 0) is 14.3 Å². The second-order valence-corrected chi connectivity index (χ2v) is 5.90. The van der Waals surface area contributed by atoms with Crippen LogP contribution in [0.2, 0.25) is 10.0 Å². The lowest BCUT2D eigenvalue weighted by molar-refractivity contribution is -0.140. The van der Waals surface area contributed by atoms with Gasteiger partial charge in [-0.15, -0.1) is 0 Å². The fourth-order valence-corrected chi connectivity index (χ4v) is 2.68. The molecule has 1 aromatic carbocycles. The van der Waals surface area contributed by atoms with Gasteiger partial charge in [-0.1, -0.05) is 35.3 Å². The number of halogens is 2. The third kappa shape index (κ3) is 4.70. The summed E-state index contributed by atoms with van der Waals surface area (Å²) in [6, 6.07) is 5.26. The maximum Gasteiger partial charge on any atom is 0.248 e. The number of methoxy groups -OCH3 is 1. The van der Waals surface area contributed by atoms with Gasteiger partial charge in [-0.3, -0.25) is 9.59 Å². The van der Waals surface area contributed by atoms with Gasteiger partial charge in [-0.2, -0.15) is 0 Å². The summed E-state index contributed by atoms with van der Waals surface area (Å²) in [5.41, 5.74) is 0.696. The van der Waals surface area contributed by atoms with Crippen molar-refractivity contribution in [2.24, 2.45) is 0 Å². The molecule has 0 radical (unpaired) electrons. The molecule has 1 heterocycles. The number of ether oxygens (including phenoxy) is 1. The third-order valence-electron chi connectivity index (χ3n) is 3.60. The molecule has 23 heavy (non-hydrogen) atoms. The van der Waals surface area contributed by atoms with Gasteiger partial charge in [0.25, 0.3) is 0 Å². The molecule has 0 unspecified atom stereocenters. The van der Waals surface area contributed by atoms with Gasteiger partial charge in [-0.25, -0.2) is 0 Å². The molecule has 0 spiro atoms. The van der Waals surface area contributed by atoms with E-state index in [4.69, 9.17) is 27.9 Å². The van der Waals surface area contributed by atoms with Crippen molar-refractivity contribution in [3.8, 4) is 0 Å². The first-order chi connectivity index (χ1) is 11.0. The minimum absolute atomic E-state index is 0.0548. The fourth-order valence-electron chi connectivity index (χ4n) is 2.31. The molecule has 1 saturated heterocycles. The van der Waals surface area contributed by atoms with E-state index in [1.54, 1.807) is 34.1 Å². The van der Waals surface area contributed by atoms with Crippen LogP contribution in [-0.4, -0.2) is 61.5 Å². The molecule has 0 saturated carbocycles. The van der Waals surface area contributed by atoms with Crippen molar-refractivity contribution in [3.63, 3.8) is 0 Å². The standard InChI is InChI=1S/C16H18Cl2N2O3/c1-23-11-15(22)20-9-7-19(8-10-20)14(21)6-5-12-3-2-4-13(17)16(12)18/h2-6H,7-11H2,1H3/b6-5+. The third-order valence-corrected chi connectivity index (χ3v) is 4.43. The highest BCUT2D eigenvalue weighted by Gasteiger charge is 2.22. The Labute approximate surface area is 145 Å². The molecular formula is C16H18Cl2N2O3. The van der Waals surface area contributed by atoms with Gasteiger partial charge in [-0.05, 0) is 17.7 Å². The van der Waals surface area contributed by atoms with Crippen molar-refractivity contribution < 1.29 is 14.3 Å². The van der Waals surface area contributed by atoms with Crippen molar-refractivity contribution in [2.45, 2.75) is 0 Å². The molecule has 0 aliphatic carbocycles. The topological polar surface area (TPSA) is 49.9 Å². The molecule has 124 valence electrons. The molecule has 1 aromatic rings. The van der Waals surface area contributed by atoms with Crippen molar-refractivity contribution >= 4 is 41.1 Å². The minimum atomic E-state index is -0.111. The fraction of sp³-hybridized carbons (Fsp3) is 0.375. The van der Waals surface area contributed by atoms with Crippen molar-refractivity contribution in [2.75, 3.05) is 39.9 Å². The molecular weight excluding hydrogens is 339 g/mol. The predicted molar refractivity (Wildman–Crippen MR) is 90.5 cm³/mol. The molecule has 5 nitrogen and oxygen atoms in total. The van der Waals surface area contributed by atoms with Gasteiger partial charge >= 0.3 is 0 Å². The number of rotatable bonds is 4. The van der Waals surface area contributed by atoms with Gasteiger partial charge < -0.3 is 14.5 Å². The van der Waals surface area contributed by atoms with Crippen molar-refractivity contribution in [1.29, 1.82) is 0 Å². The zero-order chi connectivity index (χ0) is 16.8. The van der Waals surface area contributed by atoms with Crippen LogP contribution >= 0.6 is 23.2 Å². The van der Waals surface area contributed by atoms with Gasteiger partial charge in [0.05, 0.1) is 10.0 Å². The van der Waals surface area contributed by atoms with E-state index in [1.165, 1.54) is 13.2 Å². The van der Waals surface area contributed by atoms with Crippen LogP contribution in [0.25, 0.3) is 6.08 Å².